The van der Waals surface area contributed by atoms with Crippen LogP contribution in [0.5, 0.6) is 0 Å². The predicted molar refractivity (Wildman–Crippen MR) is 62.7 cm³/mol. The van der Waals surface area contributed by atoms with Gasteiger partial charge < -0.3 is 4.74 Å². The number of hydrogen-bond donors (Lipinski definition) is 0. The van der Waals surface area contributed by atoms with Crippen LogP contribution in [-0.4, -0.2) is 22.2 Å². The number of ether oxygens (including phenoxy) is 1. The summed E-state index contributed by atoms with van der Waals surface area (Å²) in [4.78, 5) is 11.5. The standard InChI is InChI=1S/C13H14N2O2/c1-2-17-13(16)11-8-10(11)12-7-9-5-3-4-6-15(9)14-12/h3-7,10-11H,2,8H2,1H3. The van der Waals surface area contributed by atoms with Crippen molar-refractivity contribution in [1.29, 1.82) is 0 Å². The van der Waals surface area contributed by atoms with Crippen molar-refractivity contribution in [2.24, 2.45) is 5.92 Å². The van der Waals surface area contributed by atoms with Gasteiger partial charge in [0.25, 0.3) is 0 Å². The smallest absolute Gasteiger partial charge is 0.309 e. The van der Waals surface area contributed by atoms with Crippen molar-refractivity contribution < 1.29 is 9.53 Å². The number of carbonyl (C=O) groups is 1. The van der Waals surface area contributed by atoms with Gasteiger partial charge in [-0.25, -0.2) is 4.52 Å². The molecule has 1 aliphatic carbocycles. The molecule has 0 spiro atoms. The first-order valence-corrected chi connectivity index (χ1v) is 5.90. The van der Waals surface area contributed by atoms with Gasteiger partial charge in [-0.3, -0.25) is 4.79 Å². The van der Waals surface area contributed by atoms with Crippen LogP contribution in [0.4, 0.5) is 0 Å². The van der Waals surface area contributed by atoms with Crippen LogP contribution in [0.1, 0.15) is 25.0 Å². The van der Waals surface area contributed by atoms with Crippen molar-refractivity contribution in [2.75, 3.05) is 6.61 Å². The molecule has 0 saturated heterocycles. The van der Waals surface area contributed by atoms with E-state index in [1.54, 1.807) is 0 Å². The second-order valence-electron chi connectivity index (χ2n) is 4.34. The van der Waals surface area contributed by atoms with Crippen molar-refractivity contribution in [2.45, 2.75) is 19.3 Å². The first kappa shape index (κ1) is 10.3. The molecule has 0 amide bonds. The summed E-state index contributed by atoms with van der Waals surface area (Å²) < 4.78 is 6.86. The summed E-state index contributed by atoms with van der Waals surface area (Å²) in [6.07, 6.45) is 2.78. The number of fused-ring (bicyclic) bond motifs is 1. The average Bonchev–Trinajstić information content (AvgIpc) is 3.02. The van der Waals surface area contributed by atoms with Crippen LogP contribution in [0.2, 0.25) is 0 Å². The van der Waals surface area contributed by atoms with Crippen molar-refractivity contribution in [3.8, 4) is 0 Å². The Morgan fingerprint density at radius 1 is 1.59 bits per heavy atom. The second kappa shape index (κ2) is 3.87. The highest BCUT2D eigenvalue weighted by atomic mass is 16.5. The van der Waals surface area contributed by atoms with Gasteiger partial charge in [0.15, 0.2) is 0 Å². The van der Waals surface area contributed by atoms with Crippen molar-refractivity contribution >= 4 is 11.5 Å². The van der Waals surface area contributed by atoms with Gasteiger partial charge >= 0.3 is 5.97 Å². The molecule has 88 valence electrons. The third-order valence-electron chi connectivity index (χ3n) is 3.15. The monoisotopic (exact) mass is 230 g/mol. The van der Waals surface area contributed by atoms with E-state index in [9.17, 15) is 4.79 Å². The Balaban J connectivity index is 1.80. The molecule has 2 unspecified atom stereocenters. The molecular weight excluding hydrogens is 216 g/mol. The molecule has 4 heteroatoms. The third kappa shape index (κ3) is 1.79. The van der Waals surface area contributed by atoms with E-state index in [0.29, 0.717) is 6.61 Å². The Labute approximate surface area is 99.2 Å². The van der Waals surface area contributed by atoms with E-state index in [2.05, 4.69) is 5.10 Å². The normalized spacial score (nSPS) is 22.6. The van der Waals surface area contributed by atoms with E-state index in [0.717, 1.165) is 17.6 Å². The molecule has 1 saturated carbocycles. The van der Waals surface area contributed by atoms with Crippen LogP contribution in [0.3, 0.4) is 0 Å². The van der Waals surface area contributed by atoms with Crippen LogP contribution >= 0.6 is 0 Å². The van der Waals surface area contributed by atoms with Gasteiger partial charge in [0, 0.05) is 12.1 Å². The molecule has 3 rings (SSSR count). The van der Waals surface area contributed by atoms with E-state index in [1.165, 1.54) is 0 Å². The van der Waals surface area contributed by atoms with Gasteiger partial charge in [-0.05, 0) is 31.5 Å². The molecule has 1 aliphatic rings. The number of carbonyl (C=O) groups excluding carboxylic acids is 1. The molecule has 2 aromatic heterocycles. The van der Waals surface area contributed by atoms with Gasteiger partial charge in [0.1, 0.15) is 0 Å². The fourth-order valence-corrected chi connectivity index (χ4v) is 2.17. The third-order valence-corrected chi connectivity index (χ3v) is 3.15. The van der Waals surface area contributed by atoms with E-state index in [4.69, 9.17) is 4.74 Å². The molecule has 0 radical (unpaired) electrons. The lowest BCUT2D eigenvalue weighted by molar-refractivity contribution is -0.144. The van der Waals surface area contributed by atoms with Crippen molar-refractivity contribution in [3.63, 3.8) is 0 Å². The molecule has 2 atom stereocenters. The van der Waals surface area contributed by atoms with Gasteiger partial charge in [0.2, 0.25) is 0 Å². The lowest BCUT2D eigenvalue weighted by Crippen LogP contribution is -2.07. The minimum absolute atomic E-state index is 0.0138. The van der Waals surface area contributed by atoms with Crippen LogP contribution < -0.4 is 0 Å². The lowest BCUT2D eigenvalue weighted by Gasteiger charge is -1.98. The Kier molecular flexibility index (Phi) is 2.35. The van der Waals surface area contributed by atoms with Crippen LogP contribution in [-0.2, 0) is 9.53 Å². The predicted octanol–water partition coefficient (Wildman–Crippen LogP) is 2.00. The van der Waals surface area contributed by atoms with E-state index in [-0.39, 0.29) is 17.8 Å². The summed E-state index contributed by atoms with van der Waals surface area (Å²) in [5.74, 6) is 0.170. The molecule has 1 fully saturated rings. The topological polar surface area (TPSA) is 43.6 Å². The fourth-order valence-electron chi connectivity index (χ4n) is 2.17. The molecule has 0 aliphatic heterocycles. The van der Waals surface area contributed by atoms with Crippen LogP contribution in [0.25, 0.3) is 5.52 Å². The molecule has 0 N–H and O–H groups in total. The maximum Gasteiger partial charge on any atom is 0.309 e. The highest BCUT2D eigenvalue weighted by Crippen LogP contribution is 2.47. The maximum atomic E-state index is 11.5. The van der Waals surface area contributed by atoms with E-state index in [1.807, 2.05) is 41.9 Å². The first-order valence-electron chi connectivity index (χ1n) is 5.90. The number of rotatable bonds is 3. The summed E-state index contributed by atoms with van der Waals surface area (Å²) >= 11 is 0. The van der Waals surface area contributed by atoms with Crippen molar-refractivity contribution in [3.05, 3.63) is 36.2 Å². The van der Waals surface area contributed by atoms with E-state index < -0.39 is 0 Å². The number of nitrogens with zero attached hydrogens (tertiary/aromatic N) is 2. The largest absolute Gasteiger partial charge is 0.466 e. The highest BCUT2D eigenvalue weighted by molar-refractivity contribution is 5.77. The number of aromatic nitrogens is 2. The summed E-state index contributed by atoms with van der Waals surface area (Å²) in [5.41, 5.74) is 2.06. The number of esters is 1. The second-order valence-corrected chi connectivity index (χ2v) is 4.34. The Hall–Kier alpha value is -1.84. The van der Waals surface area contributed by atoms with Gasteiger partial charge in [-0.15, -0.1) is 0 Å². The summed E-state index contributed by atoms with van der Waals surface area (Å²) in [6, 6.07) is 7.98. The van der Waals surface area contributed by atoms with E-state index >= 15 is 0 Å². The zero-order chi connectivity index (χ0) is 11.8. The Morgan fingerprint density at radius 2 is 2.47 bits per heavy atom. The minimum atomic E-state index is -0.0884. The van der Waals surface area contributed by atoms with Gasteiger partial charge in [0.05, 0.1) is 23.7 Å². The number of hydrogen-bond acceptors (Lipinski definition) is 3. The summed E-state index contributed by atoms with van der Waals surface area (Å²) in [6.45, 7) is 2.29. The maximum absolute atomic E-state index is 11.5. The summed E-state index contributed by atoms with van der Waals surface area (Å²) in [7, 11) is 0. The molecule has 17 heavy (non-hydrogen) atoms. The zero-order valence-electron chi connectivity index (χ0n) is 9.67. The number of pyridine rings is 1. The van der Waals surface area contributed by atoms with Crippen molar-refractivity contribution in [1.82, 2.24) is 9.61 Å². The summed E-state index contributed by atoms with van der Waals surface area (Å²) in [5, 5.41) is 4.48. The molecular formula is C13H14N2O2. The molecule has 0 aromatic carbocycles. The minimum Gasteiger partial charge on any atom is -0.466 e. The fraction of sp³-hybridized carbons (Fsp3) is 0.385. The van der Waals surface area contributed by atoms with Crippen LogP contribution in [0.15, 0.2) is 30.5 Å². The average molecular weight is 230 g/mol. The Morgan fingerprint density at radius 3 is 3.24 bits per heavy atom. The Bertz CT molecular complexity index is 528. The molecule has 4 nitrogen and oxygen atoms in total. The zero-order valence-corrected chi connectivity index (χ0v) is 9.67. The first-order chi connectivity index (χ1) is 8.29. The lowest BCUT2D eigenvalue weighted by atomic mass is 10.2. The van der Waals surface area contributed by atoms with Gasteiger partial charge in [-0.2, -0.15) is 5.10 Å². The SMILES string of the molecule is CCOC(=O)C1CC1c1cc2ccccn2n1. The molecule has 2 heterocycles. The van der Waals surface area contributed by atoms with Gasteiger partial charge in [-0.1, -0.05) is 6.07 Å². The molecule has 2 aromatic rings. The molecule has 0 bridgehead atoms. The van der Waals surface area contributed by atoms with Crippen LogP contribution in [0, 0.1) is 5.92 Å². The quantitative estimate of drug-likeness (QED) is 0.757. The highest BCUT2D eigenvalue weighted by Gasteiger charge is 2.46.